The van der Waals surface area contributed by atoms with Gasteiger partial charge < -0.3 is 10.6 Å². The number of carbonyl (C=O) groups excluding carboxylic acids is 1. The van der Waals surface area contributed by atoms with Crippen LogP contribution in [0.5, 0.6) is 0 Å². The summed E-state index contributed by atoms with van der Waals surface area (Å²) in [6.07, 6.45) is 5.80. The van der Waals surface area contributed by atoms with E-state index in [9.17, 15) is 4.79 Å². The maximum Gasteiger partial charge on any atom is 0.239 e. The van der Waals surface area contributed by atoms with Crippen molar-refractivity contribution in [3.63, 3.8) is 0 Å². The third kappa shape index (κ3) is 3.95. The lowest BCUT2D eigenvalue weighted by atomic mass is 10.1. The first-order valence-corrected chi connectivity index (χ1v) is 7.47. The van der Waals surface area contributed by atoms with Crippen LogP contribution in [0.4, 0.5) is 0 Å². The van der Waals surface area contributed by atoms with E-state index in [-0.39, 0.29) is 11.9 Å². The van der Waals surface area contributed by atoms with Gasteiger partial charge in [-0.25, -0.2) is 0 Å². The molecule has 0 bridgehead atoms. The minimum Gasteiger partial charge on any atom is -0.339 e. The minimum atomic E-state index is -0.278. The fourth-order valence-electron chi connectivity index (χ4n) is 2.60. The molecule has 1 saturated heterocycles. The molecule has 4 nitrogen and oxygen atoms in total. The summed E-state index contributed by atoms with van der Waals surface area (Å²) in [4.78, 5) is 16.6. The molecule has 104 valence electrons. The fourth-order valence-corrected chi connectivity index (χ4v) is 2.60. The summed E-state index contributed by atoms with van der Waals surface area (Å²) >= 11 is 0. The normalized spacial score (nSPS) is 23.1. The number of carbonyl (C=O) groups is 1. The van der Waals surface area contributed by atoms with Crippen molar-refractivity contribution in [3.05, 3.63) is 0 Å². The molecule has 0 radical (unpaired) electrons. The summed E-state index contributed by atoms with van der Waals surface area (Å²) in [6, 6.07) is -0.278. The number of unbranched alkanes of at least 4 members (excludes halogenated alkanes) is 1. The second kappa shape index (κ2) is 6.53. The van der Waals surface area contributed by atoms with Gasteiger partial charge in [0.25, 0.3) is 0 Å². The van der Waals surface area contributed by atoms with Gasteiger partial charge in [0.05, 0.1) is 6.04 Å². The number of piperazine rings is 1. The van der Waals surface area contributed by atoms with Gasteiger partial charge in [0.1, 0.15) is 0 Å². The molecule has 2 fully saturated rings. The zero-order valence-corrected chi connectivity index (χ0v) is 11.6. The predicted molar refractivity (Wildman–Crippen MR) is 73.2 cm³/mol. The molecule has 0 aromatic rings. The van der Waals surface area contributed by atoms with E-state index in [1.165, 1.54) is 19.4 Å². The van der Waals surface area contributed by atoms with Gasteiger partial charge in [-0.3, -0.25) is 9.69 Å². The Morgan fingerprint density at radius 2 is 1.94 bits per heavy atom. The molecule has 1 saturated carbocycles. The van der Waals surface area contributed by atoms with Crippen molar-refractivity contribution < 1.29 is 4.79 Å². The first kappa shape index (κ1) is 13.8. The third-order valence-corrected chi connectivity index (χ3v) is 4.08. The number of nitrogens with two attached hydrogens (primary N) is 1. The van der Waals surface area contributed by atoms with Gasteiger partial charge in [-0.15, -0.1) is 0 Å². The molecule has 0 spiro atoms. The highest BCUT2D eigenvalue weighted by atomic mass is 16.2. The summed E-state index contributed by atoms with van der Waals surface area (Å²) < 4.78 is 0. The van der Waals surface area contributed by atoms with Crippen LogP contribution in [0.1, 0.15) is 39.0 Å². The summed E-state index contributed by atoms with van der Waals surface area (Å²) in [7, 11) is 0. The van der Waals surface area contributed by atoms with E-state index in [0.29, 0.717) is 0 Å². The van der Waals surface area contributed by atoms with E-state index in [1.54, 1.807) is 0 Å². The predicted octanol–water partition coefficient (Wildman–Crippen LogP) is 1.06. The lowest BCUT2D eigenvalue weighted by Crippen LogP contribution is -2.53. The van der Waals surface area contributed by atoms with Gasteiger partial charge >= 0.3 is 0 Å². The SMILES string of the molecule is CCCCC(N)C(=O)N1CCN(CC2CC2)CC1. The Morgan fingerprint density at radius 1 is 1.28 bits per heavy atom. The average molecular weight is 253 g/mol. The van der Waals surface area contributed by atoms with Crippen molar-refractivity contribution >= 4 is 5.91 Å². The zero-order valence-electron chi connectivity index (χ0n) is 11.6. The molecule has 1 unspecified atom stereocenters. The maximum absolute atomic E-state index is 12.1. The summed E-state index contributed by atoms with van der Waals surface area (Å²) in [5, 5.41) is 0. The monoisotopic (exact) mass is 253 g/mol. The Bertz CT molecular complexity index is 270. The molecule has 2 aliphatic rings. The Balaban J connectivity index is 1.68. The summed E-state index contributed by atoms with van der Waals surface area (Å²) in [5.74, 6) is 1.11. The molecular weight excluding hydrogens is 226 g/mol. The van der Waals surface area contributed by atoms with Gasteiger partial charge in [-0.2, -0.15) is 0 Å². The van der Waals surface area contributed by atoms with Crippen LogP contribution >= 0.6 is 0 Å². The highest BCUT2D eigenvalue weighted by Crippen LogP contribution is 2.29. The van der Waals surface area contributed by atoms with Crippen LogP contribution in [0.3, 0.4) is 0 Å². The van der Waals surface area contributed by atoms with Gasteiger partial charge in [-0.1, -0.05) is 19.8 Å². The highest BCUT2D eigenvalue weighted by Gasteiger charge is 2.28. The van der Waals surface area contributed by atoms with Crippen molar-refractivity contribution in [2.75, 3.05) is 32.7 Å². The topological polar surface area (TPSA) is 49.6 Å². The smallest absolute Gasteiger partial charge is 0.239 e. The maximum atomic E-state index is 12.1. The lowest BCUT2D eigenvalue weighted by Gasteiger charge is -2.36. The molecule has 18 heavy (non-hydrogen) atoms. The Hall–Kier alpha value is -0.610. The second-order valence-electron chi connectivity index (χ2n) is 5.82. The van der Waals surface area contributed by atoms with Crippen LogP contribution in [-0.2, 0) is 4.79 Å². The Morgan fingerprint density at radius 3 is 2.50 bits per heavy atom. The molecule has 0 aromatic carbocycles. The van der Waals surface area contributed by atoms with Gasteiger partial charge in [0.15, 0.2) is 0 Å². The first-order valence-electron chi connectivity index (χ1n) is 7.47. The highest BCUT2D eigenvalue weighted by molar-refractivity contribution is 5.81. The number of amides is 1. The molecule has 4 heteroatoms. The van der Waals surface area contributed by atoms with Crippen LogP contribution in [0.2, 0.25) is 0 Å². The lowest BCUT2D eigenvalue weighted by molar-refractivity contribution is -0.134. The van der Waals surface area contributed by atoms with Crippen LogP contribution < -0.4 is 5.73 Å². The van der Waals surface area contributed by atoms with Crippen molar-refractivity contribution in [1.82, 2.24) is 9.80 Å². The van der Waals surface area contributed by atoms with Crippen LogP contribution in [0.15, 0.2) is 0 Å². The van der Waals surface area contributed by atoms with E-state index in [1.807, 2.05) is 4.90 Å². The molecular formula is C14H27N3O. The third-order valence-electron chi connectivity index (χ3n) is 4.08. The summed E-state index contributed by atoms with van der Waals surface area (Å²) in [6.45, 7) is 7.17. The molecule has 1 aliphatic carbocycles. The van der Waals surface area contributed by atoms with Crippen molar-refractivity contribution in [1.29, 1.82) is 0 Å². The Labute approximate surface area is 110 Å². The number of hydrogen-bond donors (Lipinski definition) is 1. The molecule has 1 heterocycles. The average Bonchev–Trinajstić information content (AvgIpc) is 3.20. The molecule has 1 atom stereocenters. The van der Waals surface area contributed by atoms with Crippen LogP contribution in [0, 0.1) is 5.92 Å². The summed E-state index contributed by atoms with van der Waals surface area (Å²) in [5.41, 5.74) is 5.95. The fraction of sp³-hybridized carbons (Fsp3) is 0.929. The minimum absolute atomic E-state index is 0.162. The first-order chi connectivity index (χ1) is 8.70. The van der Waals surface area contributed by atoms with E-state index < -0.39 is 0 Å². The van der Waals surface area contributed by atoms with E-state index >= 15 is 0 Å². The van der Waals surface area contributed by atoms with Crippen molar-refractivity contribution in [2.45, 2.75) is 45.1 Å². The van der Waals surface area contributed by atoms with Crippen LogP contribution in [-0.4, -0.2) is 54.5 Å². The van der Waals surface area contributed by atoms with E-state index in [0.717, 1.165) is 51.4 Å². The van der Waals surface area contributed by atoms with E-state index in [4.69, 9.17) is 5.73 Å². The number of rotatable bonds is 6. The molecule has 2 rings (SSSR count). The van der Waals surface area contributed by atoms with Gasteiger partial charge in [0.2, 0.25) is 5.91 Å². The zero-order chi connectivity index (χ0) is 13.0. The van der Waals surface area contributed by atoms with Crippen molar-refractivity contribution in [3.8, 4) is 0 Å². The van der Waals surface area contributed by atoms with Gasteiger partial charge in [0, 0.05) is 32.7 Å². The quantitative estimate of drug-likeness (QED) is 0.770. The largest absolute Gasteiger partial charge is 0.339 e. The molecule has 2 N–H and O–H groups in total. The van der Waals surface area contributed by atoms with Gasteiger partial charge in [-0.05, 0) is 25.2 Å². The Kier molecular flexibility index (Phi) is 5.01. The molecule has 0 aromatic heterocycles. The standard InChI is InChI=1S/C14H27N3O/c1-2-3-4-13(15)14(18)17-9-7-16(8-10-17)11-12-5-6-12/h12-13H,2-11,15H2,1H3. The number of hydrogen-bond acceptors (Lipinski definition) is 3. The second-order valence-corrected chi connectivity index (χ2v) is 5.82. The number of nitrogens with zero attached hydrogens (tertiary/aromatic N) is 2. The molecule has 1 aliphatic heterocycles. The molecule has 1 amide bonds. The van der Waals surface area contributed by atoms with E-state index in [2.05, 4.69) is 11.8 Å². The van der Waals surface area contributed by atoms with Crippen LogP contribution in [0.25, 0.3) is 0 Å². The van der Waals surface area contributed by atoms with Crippen molar-refractivity contribution in [2.24, 2.45) is 11.7 Å².